The van der Waals surface area contributed by atoms with Gasteiger partial charge in [0.1, 0.15) is 5.75 Å². The highest BCUT2D eigenvalue weighted by Crippen LogP contribution is 2.20. The van der Waals surface area contributed by atoms with Crippen LogP contribution in [0.5, 0.6) is 5.75 Å². The third-order valence-corrected chi connectivity index (χ3v) is 3.79. The fourth-order valence-corrected chi connectivity index (χ4v) is 2.61. The molecule has 0 aromatic heterocycles. The van der Waals surface area contributed by atoms with Crippen LogP contribution in [0.1, 0.15) is 31.9 Å². The first-order valence-electron chi connectivity index (χ1n) is 6.72. The molecule has 0 saturated heterocycles. The number of methoxy groups -OCH3 is 1. The van der Waals surface area contributed by atoms with E-state index < -0.39 is 0 Å². The van der Waals surface area contributed by atoms with Gasteiger partial charge in [-0.2, -0.15) is 11.8 Å². The van der Waals surface area contributed by atoms with Crippen LogP contribution in [0.2, 0.25) is 0 Å². The zero-order valence-corrected chi connectivity index (χ0v) is 12.9. The predicted octanol–water partition coefficient (Wildman–Crippen LogP) is 3.24. The van der Waals surface area contributed by atoms with Crippen molar-refractivity contribution in [2.45, 2.75) is 32.4 Å². The molecule has 0 heterocycles. The second-order valence-corrected chi connectivity index (χ2v) is 5.91. The van der Waals surface area contributed by atoms with Crippen LogP contribution < -0.4 is 10.5 Å². The molecule has 0 amide bonds. The molecule has 3 nitrogen and oxygen atoms in total. The molecule has 0 fully saturated rings. The smallest absolute Gasteiger partial charge is 0.119 e. The van der Waals surface area contributed by atoms with E-state index in [2.05, 4.69) is 12.1 Å². The van der Waals surface area contributed by atoms with Gasteiger partial charge >= 0.3 is 0 Å². The lowest BCUT2D eigenvalue weighted by molar-refractivity contribution is 0.200. The molecule has 108 valence electrons. The van der Waals surface area contributed by atoms with E-state index in [1.807, 2.05) is 37.7 Å². The number of rotatable bonds is 9. The van der Waals surface area contributed by atoms with E-state index in [9.17, 15) is 0 Å². The summed E-state index contributed by atoms with van der Waals surface area (Å²) in [5.41, 5.74) is 7.33. The van der Waals surface area contributed by atoms with Crippen LogP contribution in [-0.4, -0.2) is 31.3 Å². The van der Waals surface area contributed by atoms with Crippen molar-refractivity contribution in [2.24, 2.45) is 5.73 Å². The number of thioether (sulfide) groups is 1. The van der Waals surface area contributed by atoms with Gasteiger partial charge in [0.05, 0.1) is 6.10 Å². The summed E-state index contributed by atoms with van der Waals surface area (Å²) >= 11 is 1.87. The average molecular weight is 283 g/mol. The Labute approximate surface area is 120 Å². The largest absolute Gasteiger partial charge is 0.491 e. The molecule has 1 aromatic carbocycles. The first kappa shape index (κ1) is 16.3. The second kappa shape index (κ2) is 9.23. The number of hydrogen-bond donors (Lipinski definition) is 1. The van der Waals surface area contributed by atoms with Crippen molar-refractivity contribution in [2.75, 3.05) is 25.2 Å². The summed E-state index contributed by atoms with van der Waals surface area (Å²) in [5, 5.41) is 0. The van der Waals surface area contributed by atoms with Gasteiger partial charge in [-0.1, -0.05) is 12.1 Å². The Morgan fingerprint density at radius 2 is 1.89 bits per heavy atom. The van der Waals surface area contributed by atoms with Crippen molar-refractivity contribution in [3.8, 4) is 5.75 Å². The number of benzene rings is 1. The molecule has 0 saturated carbocycles. The molecule has 1 atom stereocenters. The number of ether oxygens (including phenoxy) is 2. The van der Waals surface area contributed by atoms with Crippen molar-refractivity contribution >= 4 is 11.8 Å². The molecular weight excluding hydrogens is 258 g/mol. The van der Waals surface area contributed by atoms with Crippen LogP contribution in [0.15, 0.2) is 24.3 Å². The van der Waals surface area contributed by atoms with E-state index in [1.54, 1.807) is 7.11 Å². The average Bonchev–Trinajstić information content (AvgIpc) is 2.38. The molecule has 1 rings (SSSR count). The van der Waals surface area contributed by atoms with Crippen LogP contribution in [0.3, 0.4) is 0 Å². The standard InChI is InChI=1S/C15H25NO2S/c1-12(2)18-14-7-5-13(6-8-14)15(16)11-19-10-4-9-17-3/h5-8,12,15H,4,9-11,16H2,1-3H3. The Balaban J connectivity index is 2.33. The van der Waals surface area contributed by atoms with Gasteiger partial charge in [-0.3, -0.25) is 0 Å². The Morgan fingerprint density at radius 1 is 1.21 bits per heavy atom. The van der Waals surface area contributed by atoms with Crippen LogP contribution >= 0.6 is 11.8 Å². The van der Waals surface area contributed by atoms with Gasteiger partial charge in [0.2, 0.25) is 0 Å². The fourth-order valence-electron chi connectivity index (χ4n) is 1.68. The van der Waals surface area contributed by atoms with Crippen molar-refractivity contribution in [3.63, 3.8) is 0 Å². The van der Waals surface area contributed by atoms with Gasteiger partial charge in [-0.05, 0) is 43.7 Å². The minimum absolute atomic E-state index is 0.0839. The molecule has 0 radical (unpaired) electrons. The molecule has 0 aliphatic carbocycles. The molecule has 4 heteroatoms. The minimum Gasteiger partial charge on any atom is -0.491 e. The Hall–Kier alpha value is -0.710. The molecule has 1 aromatic rings. The first-order valence-corrected chi connectivity index (χ1v) is 7.88. The highest BCUT2D eigenvalue weighted by Gasteiger charge is 2.06. The third kappa shape index (κ3) is 6.85. The summed E-state index contributed by atoms with van der Waals surface area (Å²) < 4.78 is 10.6. The lowest BCUT2D eigenvalue weighted by Gasteiger charge is -2.14. The molecule has 19 heavy (non-hydrogen) atoms. The molecular formula is C15H25NO2S. The van der Waals surface area contributed by atoms with Crippen LogP contribution in [0, 0.1) is 0 Å². The summed E-state index contributed by atoms with van der Waals surface area (Å²) in [5.74, 6) is 2.93. The maximum Gasteiger partial charge on any atom is 0.119 e. The second-order valence-electron chi connectivity index (χ2n) is 4.76. The topological polar surface area (TPSA) is 44.5 Å². The minimum atomic E-state index is 0.0839. The number of hydrogen-bond acceptors (Lipinski definition) is 4. The van der Waals surface area contributed by atoms with E-state index in [1.165, 1.54) is 0 Å². The normalized spacial score (nSPS) is 12.7. The first-order chi connectivity index (χ1) is 9.13. The number of nitrogens with two attached hydrogens (primary N) is 1. The van der Waals surface area contributed by atoms with Crippen molar-refractivity contribution in [1.29, 1.82) is 0 Å². The zero-order valence-electron chi connectivity index (χ0n) is 12.1. The quantitative estimate of drug-likeness (QED) is 0.707. The molecule has 0 bridgehead atoms. The van der Waals surface area contributed by atoms with Gasteiger partial charge < -0.3 is 15.2 Å². The lowest BCUT2D eigenvalue weighted by atomic mass is 10.1. The summed E-state index contributed by atoms with van der Waals surface area (Å²) in [6.07, 6.45) is 1.28. The third-order valence-electron chi connectivity index (χ3n) is 2.61. The monoisotopic (exact) mass is 283 g/mol. The zero-order chi connectivity index (χ0) is 14.1. The molecule has 0 spiro atoms. The fraction of sp³-hybridized carbons (Fsp3) is 0.600. The summed E-state index contributed by atoms with van der Waals surface area (Å²) in [6.45, 7) is 4.87. The van der Waals surface area contributed by atoms with E-state index in [0.29, 0.717) is 0 Å². The summed E-state index contributed by atoms with van der Waals surface area (Å²) in [7, 11) is 1.73. The van der Waals surface area contributed by atoms with Gasteiger partial charge in [-0.15, -0.1) is 0 Å². The molecule has 0 aliphatic rings. The summed E-state index contributed by atoms with van der Waals surface area (Å²) in [6, 6.07) is 8.17. The molecule has 0 aliphatic heterocycles. The van der Waals surface area contributed by atoms with Crippen molar-refractivity contribution in [3.05, 3.63) is 29.8 Å². The van der Waals surface area contributed by atoms with Gasteiger partial charge in [0.25, 0.3) is 0 Å². The van der Waals surface area contributed by atoms with E-state index in [4.69, 9.17) is 15.2 Å². The SMILES string of the molecule is COCCCSCC(N)c1ccc(OC(C)C)cc1. The van der Waals surface area contributed by atoms with Gasteiger partial charge in [0, 0.05) is 25.5 Å². The van der Waals surface area contributed by atoms with E-state index >= 15 is 0 Å². The van der Waals surface area contributed by atoms with Crippen LogP contribution in [0.25, 0.3) is 0 Å². The lowest BCUT2D eigenvalue weighted by Crippen LogP contribution is -2.13. The molecule has 2 N–H and O–H groups in total. The Morgan fingerprint density at radius 3 is 2.47 bits per heavy atom. The predicted molar refractivity (Wildman–Crippen MR) is 83.0 cm³/mol. The van der Waals surface area contributed by atoms with Gasteiger partial charge in [-0.25, -0.2) is 0 Å². The Kier molecular flexibility index (Phi) is 7.94. The highest BCUT2D eigenvalue weighted by atomic mass is 32.2. The Bertz CT molecular complexity index is 341. The maximum atomic E-state index is 6.17. The molecule has 1 unspecified atom stereocenters. The van der Waals surface area contributed by atoms with Crippen LogP contribution in [-0.2, 0) is 4.74 Å². The van der Waals surface area contributed by atoms with E-state index in [-0.39, 0.29) is 12.1 Å². The maximum absolute atomic E-state index is 6.17. The van der Waals surface area contributed by atoms with Crippen molar-refractivity contribution < 1.29 is 9.47 Å². The highest BCUT2D eigenvalue weighted by molar-refractivity contribution is 7.99. The van der Waals surface area contributed by atoms with Crippen molar-refractivity contribution in [1.82, 2.24) is 0 Å². The van der Waals surface area contributed by atoms with E-state index in [0.717, 1.165) is 35.8 Å². The van der Waals surface area contributed by atoms with Crippen LogP contribution in [0.4, 0.5) is 0 Å². The van der Waals surface area contributed by atoms with Gasteiger partial charge in [0.15, 0.2) is 0 Å². The summed E-state index contributed by atoms with van der Waals surface area (Å²) in [4.78, 5) is 0.